The maximum absolute atomic E-state index is 6.21. The van der Waals surface area contributed by atoms with Crippen molar-refractivity contribution in [3.05, 3.63) is 33.7 Å². The first-order chi connectivity index (χ1) is 7.81. The molecule has 1 unspecified atom stereocenters. The van der Waals surface area contributed by atoms with E-state index in [4.69, 9.17) is 22.1 Å². The number of ether oxygens (including phenoxy) is 1. The van der Waals surface area contributed by atoms with Gasteiger partial charge in [-0.1, -0.05) is 23.7 Å². The van der Waals surface area contributed by atoms with Gasteiger partial charge in [-0.15, -0.1) is 11.3 Å². The first-order valence-electron chi connectivity index (χ1n) is 5.32. The lowest BCUT2D eigenvalue weighted by Gasteiger charge is -2.21. The molecule has 2 N–H and O–H groups in total. The molecule has 4 heteroatoms. The van der Waals surface area contributed by atoms with E-state index in [1.54, 1.807) is 11.3 Å². The molecule has 0 amide bonds. The van der Waals surface area contributed by atoms with Gasteiger partial charge >= 0.3 is 0 Å². The molecule has 0 aliphatic carbocycles. The number of hydrogen-bond donors (Lipinski definition) is 1. The number of halogens is 1. The lowest BCUT2D eigenvalue weighted by molar-refractivity contribution is 0.0519. The largest absolute Gasteiger partial charge is 0.371 e. The molecule has 0 radical (unpaired) electrons. The lowest BCUT2D eigenvalue weighted by atomic mass is 10.0. The maximum Gasteiger partial charge on any atom is 0.104 e. The van der Waals surface area contributed by atoms with Gasteiger partial charge in [0.25, 0.3) is 0 Å². The monoisotopic (exact) mass is 253 g/mol. The highest BCUT2D eigenvalue weighted by Crippen LogP contribution is 2.41. The highest BCUT2D eigenvalue weighted by atomic mass is 35.5. The van der Waals surface area contributed by atoms with Crippen LogP contribution in [0.2, 0.25) is 5.02 Å². The summed E-state index contributed by atoms with van der Waals surface area (Å²) in [5.74, 6) is 0. The Balaban J connectivity index is 2.28. The minimum absolute atomic E-state index is 0.0530. The molecule has 1 aromatic carbocycles. The molecule has 2 nitrogen and oxygen atoms in total. The van der Waals surface area contributed by atoms with E-state index in [1.807, 2.05) is 12.1 Å². The van der Waals surface area contributed by atoms with Gasteiger partial charge in [0.05, 0.1) is 16.3 Å². The van der Waals surface area contributed by atoms with Crippen molar-refractivity contribution in [1.29, 1.82) is 0 Å². The standard InChI is InChI=1S/C12H12ClNOS/c13-9-3-1-2-7-8-4-5-15-10(6-14)12(8)16-11(7)9/h1-3,10H,4-6,14H2. The zero-order chi connectivity index (χ0) is 11.1. The third-order valence-corrected chi connectivity index (χ3v) is 4.78. The van der Waals surface area contributed by atoms with Crippen LogP contribution in [-0.4, -0.2) is 13.2 Å². The van der Waals surface area contributed by atoms with Crippen LogP contribution in [0, 0.1) is 0 Å². The van der Waals surface area contributed by atoms with Gasteiger partial charge in [-0.3, -0.25) is 0 Å². The molecule has 1 atom stereocenters. The van der Waals surface area contributed by atoms with Crippen molar-refractivity contribution in [3.8, 4) is 0 Å². The van der Waals surface area contributed by atoms with Crippen molar-refractivity contribution in [2.45, 2.75) is 12.5 Å². The Morgan fingerprint density at radius 3 is 3.19 bits per heavy atom. The third-order valence-electron chi connectivity index (χ3n) is 2.98. The van der Waals surface area contributed by atoms with Crippen molar-refractivity contribution in [1.82, 2.24) is 0 Å². The van der Waals surface area contributed by atoms with Gasteiger partial charge in [0.2, 0.25) is 0 Å². The Morgan fingerprint density at radius 2 is 2.38 bits per heavy atom. The molecule has 2 heterocycles. The summed E-state index contributed by atoms with van der Waals surface area (Å²) in [6, 6.07) is 6.07. The molecular formula is C12H12ClNOS. The maximum atomic E-state index is 6.21. The number of nitrogens with two attached hydrogens (primary N) is 1. The fraction of sp³-hybridized carbons (Fsp3) is 0.333. The molecule has 0 bridgehead atoms. The molecule has 0 saturated heterocycles. The second-order valence-electron chi connectivity index (χ2n) is 3.91. The molecule has 16 heavy (non-hydrogen) atoms. The van der Waals surface area contributed by atoms with Crippen LogP contribution in [0.1, 0.15) is 16.5 Å². The van der Waals surface area contributed by atoms with E-state index >= 15 is 0 Å². The van der Waals surface area contributed by atoms with E-state index in [-0.39, 0.29) is 6.10 Å². The molecule has 0 saturated carbocycles. The first-order valence-corrected chi connectivity index (χ1v) is 6.52. The van der Waals surface area contributed by atoms with Gasteiger partial charge in [0, 0.05) is 11.4 Å². The number of benzene rings is 1. The molecule has 0 fully saturated rings. The molecule has 1 aliphatic rings. The van der Waals surface area contributed by atoms with E-state index in [0.717, 1.165) is 22.8 Å². The smallest absolute Gasteiger partial charge is 0.104 e. The summed E-state index contributed by atoms with van der Waals surface area (Å²) < 4.78 is 6.83. The van der Waals surface area contributed by atoms with Gasteiger partial charge in [0.15, 0.2) is 0 Å². The summed E-state index contributed by atoms with van der Waals surface area (Å²) in [4.78, 5) is 1.26. The number of thiophene rings is 1. The van der Waals surface area contributed by atoms with E-state index in [0.29, 0.717) is 6.54 Å². The normalized spacial score (nSPS) is 20.0. The van der Waals surface area contributed by atoms with E-state index in [9.17, 15) is 0 Å². The topological polar surface area (TPSA) is 35.2 Å². The van der Waals surface area contributed by atoms with E-state index < -0.39 is 0 Å². The Morgan fingerprint density at radius 1 is 1.50 bits per heavy atom. The summed E-state index contributed by atoms with van der Waals surface area (Å²) in [6.07, 6.45) is 1.02. The Labute approximate surface area is 103 Å². The fourth-order valence-electron chi connectivity index (χ4n) is 2.23. The molecule has 3 rings (SSSR count). The van der Waals surface area contributed by atoms with E-state index in [2.05, 4.69) is 6.07 Å². The van der Waals surface area contributed by atoms with Gasteiger partial charge < -0.3 is 10.5 Å². The Kier molecular flexibility index (Phi) is 2.64. The zero-order valence-corrected chi connectivity index (χ0v) is 10.3. The van der Waals surface area contributed by atoms with Gasteiger partial charge in [0.1, 0.15) is 6.10 Å². The Hall–Kier alpha value is -0.610. The second-order valence-corrected chi connectivity index (χ2v) is 5.37. The molecule has 1 aromatic heterocycles. The van der Waals surface area contributed by atoms with E-state index in [1.165, 1.54) is 15.8 Å². The average molecular weight is 254 g/mol. The predicted octanol–water partition coefficient (Wildman–Crippen LogP) is 3.13. The van der Waals surface area contributed by atoms with Gasteiger partial charge in [-0.25, -0.2) is 0 Å². The lowest BCUT2D eigenvalue weighted by Crippen LogP contribution is -2.21. The number of hydrogen-bond acceptors (Lipinski definition) is 3. The zero-order valence-electron chi connectivity index (χ0n) is 8.70. The van der Waals surface area contributed by atoms with Crippen LogP contribution in [0.5, 0.6) is 0 Å². The van der Waals surface area contributed by atoms with Crippen LogP contribution >= 0.6 is 22.9 Å². The summed E-state index contributed by atoms with van der Waals surface area (Å²) in [5, 5.41) is 2.10. The van der Waals surface area contributed by atoms with Crippen molar-refractivity contribution in [3.63, 3.8) is 0 Å². The third kappa shape index (κ3) is 1.47. The van der Waals surface area contributed by atoms with Crippen LogP contribution < -0.4 is 5.73 Å². The average Bonchev–Trinajstić information content (AvgIpc) is 2.69. The number of rotatable bonds is 1. The highest BCUT2D eigenvalue weighted by Gasteiger charge is 2.24. The number of fused-ring (bicyclic) bond motifs is 3. The summed E-state index contributed by atoms with van der Waals surface area (Å²) in [7, 11) is 0. The minimum atomic E-state index is 0.0530. The summed E-state index contributed by atoms with van der Waals surface area (Å²) in [6.45, 7) is 1.30. The van der Waals surface area contributed by atoms with Crippen LogP contribution in [0.4, 0.5) is 0 Å². The van der Waals surface area contributed by atoms with Crippen LogP contribution in [0.25, 0.3) is 10.1 Å². The molecule has 1 aliphatic heterocycles. The van der Waals surface area contributed by atoms with Gasteiger partial charge in [-0.05, 0) is 23.4 Å². The minimum Gasteiger partial charge on any atom is -0.371 e. The van der Waals surface area contributed by atoms with Crippen LogP contribution in [0.3, 0.4) is 0 Å². The summed E-state index contributed by atoms with van der Waals surface area (Å²) in [5.41, 5.74) is 7.11. The SMILES string of the molecule is NCC1OCCc2c1sc1c(Cl)cccc21. The predicted molar refractivity (Wildman–Crippen MR) is 68.3 cm³/mol. The first kappa shape index (κ1) is 10.5. The van der Waals surface area contributed by atoms with Crippen molar-refractivity contribution >= 4 is 33.0 Å². The quantitative estimate of drug-likeness (QED) is 0.848. The van der Waals surface area contributed by atoms with Crippen molar-refractivity contribution in [2.24, 2.45) is 5.73 Å². The molecular weight excluding hydrogens is 242 g/mol. The van der Waals surface area contributed by atoms with Crippen molar-refractivity contribution < 1.29 is 4.74 Å². The van der Waals surface area contributed by atoms with Crippen LogP contribution in [-0.2, 0) is 11.2 Å². The molecule has 84 valence electrons. The fourth-order valence-corrected chi connectivity index (χ4v) is 3.83. The van der Waals surface area contributed by atoms with Crippen molar-refractivity contribution in [2.75, 3.05) is 13.2 Å². The second kappa shape index (κ2) is 4.00. The van der Waals surface area contributed by atoms with Gasteiger partial charge in [-0.2, -0.15) is 0 Å². The molecule has 0 spiro atoms. The highest BCUT2D eigenvalue weighted by molar-refractivity contribution is 7.20. The van der Waals surface area contributed by atoms with Crippen LogP contribution in [0.15, 0.2) is 18.2 Å². The summed E-state index contributed by atoms with van der Waals surface area (Å²) >= 11 is 7.93. The molecule has 2 aromatic rings. The Bertz CT molecular complexity index is 537.